The molecule has 0 unspecified atom stereocenters. The van der Waals surface area contributed by atoms with Gasteiger partial charge in [0.1, 0.15) is 9.84 Å². The molecule has 1 heterocycles. The molecular formula is C9H17NO3S. The fourth-order valence-electron chi connectivity index (χ4n) is 1.74. The number of ether oxygens (including phenoxy) is 1. The van der Waals surface area contributed by atoms with Crippen LogP contribution in [0.25, 0.3) is 0 Å². The maximum atomic E-state index is 11.1. The van der Waals surface area contributed by atoms with Crippen LogP contribution in [0, 0.1) is 5.41 Å². The lowest BCUT2D eigenvalue weighted by molar-refractivity contribution is -0.00242. The van der Waals surface area contributed by atoms with E-state index in [4.69, 9.17) is 4.74 Å². The Hall–Kier alpha value is -0.130. The van der Waals surface area contributed by atoms with Crippen LogP contribution in [0.1, 0.15) is 12.8 Å². The van der Waals surface area contributed by atoms with Crippen molar-refractivity contribution in [3.05, 3.63) is 0 Å². The summed E-state index contributed by atoms with van der Waals surface area (Å²) < 4.78 is 27.9. The van der Waals surface area contributed by atoms with E-state index in [2.05, 4.69) is 5.32 Å². The number of hydrogen-bond donors (Lipinski definition) is 1. The van der Waals surface area contributed by atoms with Crippen molar-refractivity contribution in [3.8, 4) is 0 Å². The molecule has 2 aliphatic rings. The molecule has 5 heteroatoms. The Kier molecular flexibility index (Phi) is 2.57. The molecule has 0 bridgehead atoms. The molecule has 82 valence electrons. The van der Waals surface area contributed by atoms with Crippen LogP contribution in [-0.4, -0.2) is 46.2 Å². The maximum absolute atomic E-state index is 11.1. The standard InChI is InChI=1S/C9H17NO3S/c1-14(11,12)7-9(2-3-9)6-13-8-4-10-5-8/h8,10H,2-7H2,1H3. The van der Waals surface area contributed by atoms with Crippen molar-refractivity contribution < 1.29 is 13.2 Å². The first-order valence-electron chi connectivity index (χ1n) is 4.99. The molecule has 0 spiro atoms. The van der Waals surface area contributed by atoms with Crippen molar-refractivity contribution in [1.29, 1.82) is 0 Å². The second kappa shape index (κ2) is 3.47. The fourth-order valence-corrected chi connectivity index (χ4v) is 3.22. The Balaban J connectivity index is 1.78. The first-order chi connectivity index (χ1) is 6.49. The highest BCUT2D eigenvalue weighted by atomic mass is 32.2. The van der Waals surface area contributed by atoms with Gasteiger partial charge in [0.25, 0.3) is 0 Å². The molecule has 0 radical (unpaired) electrons. The zero-order valence-electron chi connectivity index (χ0n) is 8.45. The molecule has 0 atom stereocenters. The third kappa shape index (κ3) is 2.68. The van der Waals surface area contributed by atoms with Gasteiger partial charge in [-0.15, -0.1) is 0 Å². The Morgan fingerprint density at radius 1 is 1.43 bits per heavy atom. The predicted octanol–water partition coefficient (Wildman–Crippen LogP) is -0.200. The molecule has 4 nitrogen and oxygen atoms in total. The van der Waals surface area contributed by atoms with E-state index in [0.29, 0.717) is 18.5 Å². The highest BCUT2D eigenvalue weighted by molar-refractivity contribution is 7.90. The minimum Gasteiger partial charge on any atom is -0.375 e. The van der Waals surface area contributed by atoms with E-state index >= 15 is 0 Å². The summed E-state index contributed by atoms with van der Waals surface area (Å²) in [5.74, 6) is 0.292. The summed E-state index contributed by atoms with van der Waals surface area (Å²) in [5.41, 5.74) is -0.0385. The minimum atomic E-state index is -2.85. The molecule has 2 rings (SSSR count). The lowest BCUT2D eigenvalue weighted by Crippen LogP contribution is -2.49. The molecule has 0 aromatic rings. The van der Waals surface area contributed by atoms with Gasteiger partial charge in [0.05, 0.1) is 18.5 Å². The monoisotopic (exact) mass is 219 g/mol. The first kappa shape index (κ1) is 10.4. The van der Waals surface area contributed by atoms with Gasteiger partial charge in [0, 0.05) is 24.8 Å². The molecule has 1 aliphatic carbocycles. The molecule has 14 heavy (non-hydrogen) atoms. The summed E-state index contributed by atoms with van der Waals surface area (Å²) in [4.78, 5) is 0. The normalized spacial score (nSPS) is 25.8. The second-order valence-corrected chi connectivity index (χ2v) is 6.80. The van der Waals surface area contributed by atoms with Gasteiger partial charge in [-0.25, -0.2) is 8.42 Å². The Bertz CT molecular complexity index is 304. The van der Waals surface area contributed by atoms with Crippen molar-refractivity contribution in [2.24, 2.45) is 5.41 Å². The Morgan fingerprint density at radius 2 is 2.07 bits per heavy atom. The van der Waals surface area contributed by atoms with Gasteiger partial charge >= 0.3 is 0 Å². The molecule has 1 aliphatic heterocycles. The van der Waals surface area contributed by atoms with Crippen molar-refractivity contribution in [1.82, 2.24) is 5.32 Å². The van der Waals surface area contributed by atoms with E-state index in [1.54, 1.807) is 0 Å². The number of sulfone groups is 1. The van der Waals surface area contributed by atoms with E-state index in [1.807, 2.05) is 0 Å². The van der Waals surface area contributed by atoms with Crippen molar-refractivity contribution >= 4 is 9.84 Å². The molecule has 1 N–H and O–H groups in total. The molecule has 2 fully saturated rings. The van der Waals surface area contributed by atoms with E-state index in [9.17, 15) is 8.42 Å². The lowest BCUT2D eigenvalue weighted by atomic mass is 10.1. The largest absolute Gasteiger partial charge is 0.375 e. The van der Waals surface area contributed by atoms with Gasteiger partial charge in [-0.3, -0.25) is 0 Å². The first-order valence-corrected chi connectivity index (χ1v) is 7.05. The van der Waals surface area contributed by atoms with Gasteiger partial charge in [-0.1, -0.05) is 0 Å². The molecule has 0 amide bonds. The third-order valence-corrected chi connectivity index (χ3v) is 4.03. The van der Waals surface area contributed by atoms with Gasteiger partial charge in [-0.2, -0.15) is 0 Å². The third-order valence-electron chi connectivity index (χ3n) is 2.89. The number of rotatable bonds is 5. The van der Waals surface area contributed by atoms with Crippen LogP contribution >= 0.6 is 0 Å². The van der Waals surface area contributed by atoms with Crippen LogP contribution < -0.4 is 5.32 Å². The van der Waals surface area contributed by atoms with Gasteiger partial charge in [-0.05, 0) is 12.8 Å². The summed E-state index contributed by atoms with van der Waals surface area (Å²) in [5, 5.41) is 3.12. The number of nitrogens with one attached hydrogen (secondary N) is 1. The Morgan fingerprint density at radius 3 is 2.43 bits per heavy atom. The fraction of sp³-hybridized carbons (Fsp3) is 1.00. The minimum absolute atomic E-state index is 0.0385. The number of hydrogen-bond acceptors (Lipinski definition) is 4. The summed E-state index contributed by atoms with van der Waals surface area (Å²) >= 11 is 0. The van der Waals surface area contributed by atoms with E-state index in [0.717, 1.165) is 25.9 Å². The average molecular weight is 219 g/mol. The second-order valence-electron chi connectivity index (χ2n) is 4.66. The lowest BCUT2D eigenvalue weighted by Gasteiger charge is -2.29. The van der Waals surface area contributed by atoms with E-state index in [1.165, 1.54) is 6.26 Å². The Labute approximate surface area is 84.9 Å². The van der Waals surface area contributed by atoms with Crippen molar-refractivity contribution in [2.75, 3.05) is 31.7 Å². The zero-order valence-corrected chi connectivity index (χ0v) is 9.27. The van der Waals surface area contributed by atoms with Crippen LogP contribution in [0.4, 0.5) is 0 Å². The maximum Gasteiger partial charge on any atom is 0.148 e. The van der Waals surface area contributed by atoms with Crippen LogP contribution in [0.2, 0.25) is 0 Å². The quantitative estimate of drug-likeness (QED) is 0.696. The summed E-state index contributed by atoms with van der Waals surface area (Å²) in [6.45, 7) is 2.44. The average Bonchev–Trinajstić information content (AvgIpc) is 2.61. The van der Waals surface area contributed by atoms with Gasteiger partial charge < -0.3 is 10.1 Å². The zero-order chi connectivity index (χ0) is 10.2. The van der Waals surface area contributed by atoms with Crippen LogP contribution in [-0.2, 0) is 14.6 Å². The van der Waals surface area contributed by atoms with E-state index < -0.39 is 9.84 Å². The smallest absolute Gasteiger partial charge is 0.148 e. The molecule has 1 saturated carbocycles. The van der Waals surface area contributed by atoms with Crippen LogP contribution in [0.3, 0.4) is 0 Å². The highest BCUT2D eigenvalue weighted by Gasteiger charge is 2.46. The van der Waals surface area contributed by atoms with Gasteiger partial charge in [0.2, 0.25) is 0 Å². The molecule has 0 aromatic carbocycles. The SMILES string of the molecule is CS(=O)(=O)CC1(COC2CNC2)CC1. The topological polar surface area (TPSA) is 55.4 Å². The molecular weight excluding hydrogens is 202 g/mol. The van der Waals surface area contributed by atoms with Crippen molar-refractivity contribution in [2.45, 2.75) is 18.9 Å². The highest BCUT2D eigenvalue weighted by Crippen LogP contribution is 2.47. The molecule has 0 aromatic heterocycles. The summed E-state index contributed by atoms with van der Waals surface area (Å²) in [6, 6.07) is 0. The van der Waals surface area contributed by atoms with Crippen LogP contribution in [0.15, 0.2) is 0 Å². The van der Waals surface area contributed by atoms with E-state index in [-0.39, 0.29) is 5.41 Å². The van der Waals surface area contributed by atoms with Gasteiger partial charge in [0.15, 0.2) is 0 Å². The molecule has 1 saturated heterocycles. The summed E-state index contributed by atoms with van der Waals surface area (Å²) in [6.07, 6.45) is 3.62. The van der Waals surface area contributed by atoms with Crippen LogP contribution in [0.5, 0.6) is 0 Å². The predicted molar refractivity (Wildman–Crippen MR) is 54.0 cm³/mol. The summed E-state index contributed by atoms with van der Waals surface area (Å²) in [7, 11) is -2.85. The van der Waals surface area contributed by atoms with Crippen molar-refractivity contribution in [3.63, 3.8) is 0 Å².